The van der Waals surface area contributed by atoms with Gasteiger partial charge in [0.15, 0.2) is 0 Å². The Labute approximate surface area is 166 Å². The van der Waals surface area contributed by atoms with Gasteiger partial charge >= 0.3 is 5.97 Å². The number of nitrogens with zero attached hydrogens (tertiary/aromatic N) is 1. The van der Waals surface area contributed by atoms with Crippen LogP contribution < -0.4 is 11.1 Å². The number of carbonyl (C=O) groups excluding carboxylic acids is 1. The van der Waals surface area contributed by atoms with Gasteiger partial charge in [0.05, 0.1) is 5.92 Å². The van der Waals surface area contributed by atoms with Gasteiger partial charge in [-0.05, 0) is 20.5 Å². The summed E-state index contributed by atoms with van der Waals surface area (Å²) in [6.07, 6.45) is 15.3. The highest BCUT2D eigenvalue weighted by Gasteiger charge is 2.30. The lowest BCUT2D eigenvalue weighted by molar-refractivity contribution is -0.143. The van der Waals surface area contributed by atoms with Gasteiger partial charge < -0.3 is 21.1 Å². The number of carboxylic acid groups (broad SMARTS) is 1. The second-order valence-electron chi connectivity index (χ2n) is 7.91. The average molecular weight is 386 g/mol. The molecule has 0 aromatic carbocycles. The van der Waals surface area contributed by atoms with Gasteiger partial charge in [-0.25, -0.2) is 0 Å². The molecule has 27 heavy (non-hydrogen) atoms. The fourth-order valence-corrected chi connectivity index (χ4v) is 3.23. The Hall–Kier alpha value is -1.14. The first-order valence-electron chi connectivity index (χ1n) is 10.8. The third-order valence-electron chi connectivity index (χ3n) is 4.95. The molecule has 0 aliphatic heterocycles. The van der Waals surface area contributed by atoms with Crippen molar-refractivity contribution < 1.29 is 14.7 Å². The van der Waals surface area contributed by atoms with Gasteiger partial charge in [0.1, 0.15) is 6.04 Å². The Balaban J connectivity index is 3.69. The van der Waals surface area contributed by atoms with Crippen molar-refractivity contribution in [2.45, 2.75) is 90.0 Å². The molecule has 0 aromatic rings. The highest BCUT2D eigenvalue weighted by Crippen LogP contribution is 2.12. The van der Waals surface area contributed by atoms with E-state index in [0.29, 0.717) is 13.1 Å². The zero-order valence-corrected chi connectivity index (χ0v) is 17.8. The molecule has 1 amide bonds. The van der Waals surface area contributed by atoms with Gasteiger partial charge in [0, 0.05) is 13.1 Å². The minimum absolute atomic E-state index is 0.262. The summed E-state index contributed by atoms with van der Waals surface area (Å²) in [5.74, 6) is -2.13. The number of nitrogens with two attached hydrogens (primary N) is 1. The lowest BCUT2D eigenvalue weighted by atomic mass is 9.99. The molecule has 0 saturated carbocycles. The molecule has 0 radical (unpaired) electrons. The van der Waals surface area contributed by atoms with Crippen LogP contribution in [0.5, 0.6) is 0 Å². The molecule has 4 N–H and O–H groups in total. The number of rotatable bonds is 18. The maximum absolute atomic E-state index is 12.2. The summed E-state index contributed by atoms with van der Waals surface area (Å²) in [6.45, 7) is 3.17. The third kappa shape index (κ3) is 14.6. The molecule has 6 nitrogen and oxygen atoms in total. The Bertz CT molecular complexity index is 389. The van der Waals surface area contributed by atoms with Crippen LogP contribution in [0.4, 0.5) is 0 Å². The van der Waals surface area contributed by atoms with Crippen LogP contribution >= 0.6 is 0 Å². The van der Waals surface area contributed by atoms with Crippen molar-refractivity contribution in [3.8, 4) is 0 Å². The molecule has 6 heteroatoms. The first-order valence-corrected chi connectivity index (χ1v) is 10.8. The van der Waals surface area contributed by atoms with Crippen molar-refractivity contribution in [2.24, 2.45) is 11.7 Å². The predicted octanol–water partition coefficient (Wildman–Crippen LogP) is 3.39. The van der Waals surface area contributed by atoms with Crippen LogP contribution in [0.1, 0.15) is 84.0 Å². The van der Waals surface area contributed by atoms with Gasteiger partial charge in [-0.15, -0.1) is 0 Å². The van der Waals surface area contributed by atoms with Crippen LogP contribution in [0, 0.1) is 5.92 Å². The largest absolute Gasteiger partial charge is 0.480 e. The standard InChI is InChI=1S/C21H43N3O3/c1-4-5-6-7-8-9-10-11-12-13-14-15-16-23-20(25)18(17-24(2)3)19(22)21(26)27/h18-19H,4-17,22H2,1-3H3,(H,23,25)(H,26,27)/t18?,19-/m1/s1. The SMILES string of the molecule is CCCCCCCCCCCCCCNC(=O)C(CN(C)C)[C@@H](N)C(=O)O. The number of amides is 1. The molecule has 0 heterocycles. The zero-order valence-electron chi connectivity index (χ0n) is 17.8. The molecule has 0 aliphatic carbocycles. The van der Waals surface area contributed by atoms with Crippen LogP contribution in [0.15, 0.2) is 0 Å². The third-order valence-corrected chi connectivity index (χ3v) is 4.95. The number of hydrogen-bond donors (Lipinski definition) is 3. The smallest absolute Gasteiger partial charge is 0.321 e. The highest BCUT2D eigenvalue weighted by atomic mass is 16.4. The number of carbonyl (C=O) groups is 2. The van der Waals surface area contributed by atoms with E-state index >= 15 is 0 Å². The number of unbranched alkanes of at least 4 members (excludes halogenated alkanes) is 11. The van der Waals surface area contributed by atoms with Crippen LogP contribution in [-0.2, 0) is 9.59 Å². The number of hydrogen-bond acceptors (Lipinski definition) is 4. The first kappa shape index (κ1) is 25.9. The Morgan fingerprint density at radius 2 is 1.33 bits per heavy atom. The van der Waals surface area contributed by atoms with E-state index in [9.17, 15) is 9.59 Å². The lowest BCUT2D eigenvalue weighted by Crippen LogP contribution is -2.50. The topological polar surface area (TPSA) is 95.7 Å². The molecule has 2 atom stereocenters. The average Bonchev–Trinajstić information content (AvgIpc) is 2.62. The fraction of sp³-hybridized carbons (Fsp3) is 0.905. The quantitative estimate of drug-likeness (QED) is 0.314. The lowest BCUT2D eigenvalue weighted by Gasteiger charge is -2.23. The van der Waals surface area contributed by atoms with Crippen molar-refractivity contribution in [1.29, 1.82) is 0 Å². The molecule has 0 aromatic heterocycles. The molecular formula is C21H43N3O3. The second kappa shape index (κ2) is 17.0. The molecule has 160 valence electrons. The molecule has 0 aliphatic rings. The number of nitrogens with one attached hydrogen (secondary N) is 1. The molecule has 0 fully saturated rings. The van der Waals surface area contributed by atoms with Gasteiger partial charge in [-0.3, -0.25) is 9.59 Å². The van der Waals surface area contributed by atoms with Gasteiger partial charge in [0.2, 0.25) is 5.91 Å². The molecule has 0 bridgehead atoms. The summed E-state index contributed by atoms with van der Waals surface area (Å²) in [5.41, 5.74) is 5.67. The zero-order chi connectivity index (χ0) is 20.5. The van der Waals surface area contributed by atoms with Crippen molar-refractivity contribution in [1.82, 2.24) is 10.2 Å². The summed E-state index contributed by atoms with van der Waals surface area (Å²) in [4.78, 5) is 25.1. The van der Waals surface area contributed by atoms with E-state index in [2.05, 4.69) is 12.2 Å². The highest BCUT2D eigenvalue weighted by molar-refractivity contribution is 5.86. The summed E-state index contributed by atoms with van der Waals surface area (Å²) in [7, 11) is 3.61. The minimum atomic E-state index is -1.17. The van der Waals surface area contributed by atoms with E-state index in [4.69, 9.17) is 10.8 Å². The summed E-state index contributed by atoms with van der Waals surface area (Å²) >= 11 is 0. The van der Waals surface area contributed by atoms with Crippen LogP contribution in [0.2, 0.25) is 0 Å². The molecule has 1 unspecified atom stereocenters. The van der Waals surface area contributed by atoms with E-state index in [0.717, 1.165) is 12.8 Å². The summed E-state index contributed by atoms with van der Waals surface area (Å²) in [6, 6.07) is -1.17. The fourth-order valence-electron chi connectivity index (χ4n) is 3.23. The molecule has 0 spiro atoms. The van der Waals surface area contributed by atoms with Gasteiger partial charge in [-0.1, -0.05) is 77.6 Å². The van der Waals surface area contributed by atoms with Gasteiger partial charge in [0.25, 0.3) is 0 Å². The van der Waals surface area contributed by atoms with E-state index < -0.39 is 17.9 Å². The number of aliphatic carboxylic acids is 1. The minimum Gasteiger partial charge on any atom is -0.480 e. The maximum Gasteiger partial charge on any atom is 0.321 e. The van der Waals surface area contributed by atoms with Crippen molar-refractivity contribution in [3.63, 3.8) is 0 Å². The predicted molar refractivity (Wildman–Crippen MR) is 112 cm³/mol. The van der Waals surface area contributed by atoms with Crippen LogP contribution in [0.25, 0.3) is 0 Å². The van der Waals surface area contributed by atoms with E-state index in [-0.39, 0.29) is 5.91 Å². The molecule has 0 rings (SSSR count). The van der Waals surface area contributed by atoms with Gasteiger partial charge in [-0.2, -0.15) is 0 Å². The summed E-state index contributed by atoms with van der Waals surface area (Å²) < 4.78 is 0. The molecule has 0 saturated heterocycles. The Kier molecular flexibility index (Phi) is 16.3. The first-order chi connectivity index (χ1) is 12.9. The maximum atomic E-state index is 12.2. The van der Waals surface area contributed by atoms with Crippen LogP contribution in [-0.4, -0.2) is 55.1 Å². The molecular weight excluding hydrogens is 342 g/mol. The van der Waals surface area contributed by atoms with Crippen LogP contribution in [0.3, 0.4) is 0 Å². The Morgan fingerprint density at radius 3 is 1.74 bits per heavy atom. The Morgan fingerprint density at radius 1 is 0.889 bits per heavy atom. The van der Waals surface area contributed by atoms with Crippen molar-refractivity contribution >= 4 is 11.9 Å². The second-order valence-corrected chi connectivity index (χ2v) is 7.91. The normalized spacial score (nSPS) is 13.5. The van der Waals surface area contributed by atoms with E-state index in [1.807, 2.05) is 0 Å². The number of carboxylic acids is 1. The van der Waals surface area contributed by atoms with E-state index in [1.54, 1.807) is 19.0 Å². The van der Waals surface area contributed by atoms with Crippen molar-refractivity contribution in [3.05, 3.63) is 0 Å². The van der Waals surface area contributed by atoms with Crippen molar-refractivity contribution in [2.75, 3.05) is 27.2 Å². The van der Waals surface area contributed by atoms with E-state index in [1.165, 1.54) is 64.2 Å². The summed E-state index contributed by atoms with van der Waals surface area (Å²) in [5, 5.41) is 11.9. The monoisotopic (exact) mass is 385 g/mol.